The van der Waals surface area contributed by atoms with Crippen molar-refractivity contribution in [2.24, 2.45) is 5.10 Å². The Hall–Kier alpha value is -3.42. The first-order valence-corrected chi connectivity index (χ1v) is 9.09. The van der Waals surface area contributed by atoms with Crippen LogP contribution in [-0.4, -0.2) is 31.2 Å². The predicted molar refractivity (Wildman–Crippen MR) is 109 cm³/mol. The molecule has 0 aromatic heterocycles. The molecule has 0 saturated heterocycles. The molecule has 8 heteroatoms. The molecule has 7 nitrogen and oxygen atoms in total. The summed E-state index contributed by atoms with van der Waals surface area (Å²) in [5.74, 6) is 0.0469. The summed E-state index contributed by atoms with van der Waals surface area (Å²) in [6.45, 7) is 3.84. The van der Waals surface area contributed by atoms with Gasteiger partial charge in [0.05, 0.1) is 19.4 Å². The Labute approximate surface area is 168 Å². The van der Waals surface area contributed by atoms with E-state index >= 15 is 0 Å². The number of ether oxygens (including phenoxy) is 2. The zero-order valence-electron chi connectivity index (χ0n) is 16.6. The Morgan fingerprint density at radius 1 is 1.07 bits per heavy atom. The van der Waals surface area contributed by atoms with E-state index in [9.17, 15) is 14.0 Å². The van der Waals surface area contributed by atoms with Gasteiger partial charge in [-0.2, -0.15) is 5.10 Å². The average Bonchev–Trinajstić information content (AvgIpc) is 2.69. The molecule has 0 radical (unpaired) electrons. The molecule has 154 valence electrons. The number of carbonyl (C=O) groups excluding carboxylic acids is 2. The van der Waals surface area contributed by atoms with Gasteiger partial charge in [-0.25, -0.2) is 9.82 Å². The van der Waals surface area contributed by atoms with Crippen molar-refractivity contribution in [2.75, 3.05) is 12.4 Å². The van der Waals surface area contributed by atoms with Gasteiger partial charge in [0.2, 0.25) is 11.8 Å². The number of halogens is 1. The second-order valence-corrected chi connectivity index (χ2v) is 6.43. The summed E-state index contributed by atoms with van der Waals surface area (Å²) in [4.78, 5) is 23.7. The van der Waals surface area contributed by atoms with Crippen molar-refractivity contribution in [2.45, 2.75) is 32.8 Å². The largest absolute Gasteiger partial charge is 0.493 e. The van der Waals surface area contributed by atoms with E-state index in [4.69, 9.17) is 9.47 Å². The van der Waals surface area contributed by atoms with E-state index < -0.39 is 5.91 Å². The lowest BCUT2D eigenvalue weighted by atomic mass is 10.2. The van der Waals surface area contributed by atoms with E-state index in [1.165, 1.54) is 30.5 Å². The molecule has 0 aliphatic rings. The molecule has 0 aliphatic heterocycles. The summed E-state index contributed by atoms with van der Waals surface area (Å²) in [7, 11) is 1.54. The molecule has 0 heterocycles. The van der Waals surface area contributed by atoms with Crippen molar-refractivity contribution in [3.8, 4) is 11.5 Å². The van der Waals surface area contributed by atoms with Crippen LogP contribution in [0.4, 0.5) is 10.1 Å². The number of methoxy groups -OCH3 is 1. The van der Waals surface area contributed by atoms with Crippen LogP contribution < -0.4 is 20.2 Å². The van der Waals surface area contributed by atoms with Gasteiger partial charge < -0.3 is 14.8 Å². The summed E-state index contributed by atoms with van der Waals surface area (Å²) in [5.41, 5.74) is 3.55. The fourth-order valence-electron chi connectivity index (χ4n) is 2.33. The van der Waals surface area contributed by atoms with Crippen LogP contribution in [0.25, 0.3) is 0 Å². The lowest BCUT2D eigenvalue weighted by Gasteiger charge is -2.13. The highest BCUT2D eigenvalue weighted by Crippen LogP contribution is 2.28. The van der Waals surface area contributed by atoms with E-state index in [-0.39, 0.29) is 30.7 Å². The third kappa shape index (κ3) is 7.61. The maximum atomic E-state index is 12.8. The number of hydrogen-bond acceptors (Lipinski definition) is 5. The van der Waals surface area contributed by atoms with Crippen LogP contribution in [0, 0.1) is 5.82 Å². The van der Waals surface area contributed by atoms with Crippen molar-refractivity contribution < 1.29 is 23.5 Å². The van der Waals surface area contributed by atoms with Crippen molar-refractivity contribution in [3.05, 3.63) is 53.8 Å². The zero-order chi connectivity index (χ0) is 21.2. The molecule has 2 N–H and O–H groups in total. The molecule has 0 fully saturated rings. The maximum Gasteiger partial charge on any atom is 0.240 e. The first-order chi connectivity index (χ1) is 13.9. The molecule has 29 heavy (non-hydrogen) atoms. The second kappa shape index (κ2) is 10.8. The Morgan fingerprint density at radius 3 is 2.41 bits per heavy atom. The number of rotatable bonds is 9. The predicted octanol–water partition coefficient (Wildman–Crippen LogP) is 3.49. The maximum absolute atomic E-state index is 12.8. The van der Waals surface area contributed by atoms with Gasteiger partial charge in [0.1, 0.15) is 5.82 Å². The van der Waals surface area contributed by atoms with Crippen molar-refractivity contribution in [3.63, 3.8) is 0 Å². The Balaban J connectivity index is 1.80. The first-order valence-electron chi connectivity index (χ1n) is 9.09. The summed E-state index contributed by atoms with van der Waals surface area (Å²) in [6.07, 6.45) is 1.43. The normalized spacial score (nSPS) is 10.8. The summed E-state index contributed by atoms with van der Waals surface area (Å²) in [5, 5.41) is 6.47. The van der Waals surface area contributed by atoms with Crippen molar-refractivity contribution in [1.82, 2.24) is 5.43 Å². The standard InChI is InChI=1S/C21H24FN3O4/c1-14(2)29-18-9-4-15(12-19(18)28-3)13-23-25-21(27)11-10-20(26)24-17-7-5-16(22)6-8-17/h4-9,12-14H,10-11H2,1-3H3,(H,24,26)(H,25,27). The molecule has 0 unspecified atom stereocenters. The van der Waals surface area contributed by atoms with Crippen molar-refractivity contribution in [1.29, 1.82) is 0 Å². The highest BCUT2D eigenvalue weighted by atomic mass is 19.1. The molecule has 0 spiro atoms. The number of nitrogens with one attached hydrogen (secondary N) is 2. The van der Waals surface area contributed by atoms with E-state index in [1.54, 1.807) is 25.3 Å². The molecular formula is C21H24FN3O4. The molecule has 0 atom stereocenters. The van der Waals surface area contributed by atoms with Crippen LogP contribution in [-0.2, 0) is 9.59 Å². The van der Waals surface area contributed by atoms with Gasteiger partial charge in [0.25, 0.3) is 0 Å². The lowest BCUT2D eigenvalue weighted by molar-refractivity contribution is -0.124. The number of carbonyl (C=O) groups is 2. The highest BCUT2D eigenvalue weighted by molar-refractivity contribution is 5.93. The van der Waals surface area contributed by atoms with Gasteiger partial charge in [-0.1, -0.05) is 0 Å². The minimum absolute atomic E-state index is 0.0166. The van der Waals surface area contributed by atoms with Gasteiger partial charge in [0.15, 0.2) is 11.5 Å². The molecule has 2 aromatic rings. The number of anilines is 1. The van der Waals surface area contributed by atoms with Crippen LogP contribution in [0.5, 0.6) is 11.5 Å². The van der Waals surface area contributed by atoms with Gasteiger partial charge >= 0.3 is 0 Å². The first kappa shape index (κ1) is 21.9. The minimum atomic E-state index is -0.401. The van der Waals surface area contributed by atoms with E-state index in [0.717, 1.165) is 0 Å². The summed E-state index contributed by atoms with van der Waals surface area (Å²) < 4.78 is 23.8. The quantitative estimate of drug-likeness (QED) is 0.497. The smallest absolute Gasteiger partial charge is 0.240 e. The molecule has 0 saturated carbocycles. The molecular weight excluding hydrogens is 377 g/mol. The third-order valence-electron chi connectivity index (χ3n) is 3.66. The summed E-state index contributed by atoms with van der Waals surface area (Å²) in [6, 6.07) is 10.7. The zero-order valence-corrected chi connectivity index (χ0v) is 16.6. The third-order valence-corrected chi connectivity index (χ3v) is 3.66. The van der Waals surface area contributed by atoms with Crippen molar-refractivity contribution >= 4 is 23.7 Å². The van der Waals surface area contributed by atoms with Crippen LogP contribution in [0.15, 0.2) is 47.6 Å². The van der Waals surface area contributed by atoms with Gasteiger partial charge in [-0.15, -0.1) is 0 Å². The molecule has 2 aromatic carbocycles. The van der Waals surface area contributed by atoms with Gasteiger partial charge in [-0.3, -0.25) is 9.59 Å². The average molecular weight is 401 g/mol. The number of nitrogens with zero attached hydrogens (tertiary/aromatic N) is 1. The minimum Gasteiger partial charge on any atom is -0.493 e. The molecule has 2 rings (SSSR count). The van der Waals surface area contributed by atoms with Crippen LogP contribution in [0.2, 0.25) is 0 Å². The SMILES string of the molecule is COc1cc(C=NNC(=O)CCC(=O)Nc2ccc(F)cc2)ccc1OC(C)C. The monoisotopic (exact) mass is 401 g/mol. The van der Waals surface area contributed by atoms with Gasteiger partial charge in [-0.05, 0) is 61.9 Å². The van der Waals surface area contributed by atoms with E-state index in [1.807, 2.05) is 13.8 Å². The Morgan fingerprint density at radius 2 is 1.76 bits per heavy atom. The molecule has 0 bridgehead atoms. The highest BCUT2D eigenvalue weighted by Gasteiger charge is 2.08. The number of benzene rings is 2. The Kier molecular flexibility index (Phi) is 8.14. The van der Waals surface area contributed by atoms with Crippen LogP contribution in [0.3, 0.4) is 0 Å². The topological polar surface area (TPSA) is 89.0 Å². The molecule has 0 aliphatic carbocycles. The van der Waals surface area contributed by atoms with Gasteiger partial charge in [0, 0.05) is 18.5 Å². The Bertz CT molecular complexity index is 867. The van der Waals surface area contributed by atoms with Crippen LogP contribution >= 0.6 is 0 Å². The van der Waals surface area contributed by atoms with E-state index in [0.29, 0.717) is 22.7 Å². The number of hydrazone groups is 1. The molecule has 2 amide bonds. The van der Waals surface area contributed by atoms with Crippen LogP contribution in [0.1, 0.15) is 32.3 Å². The summed E-state index contributed by atoms with van der Waals surface area (Å²) >= 11 is 0. The van der Waals surface area contributed by atoms with E-state index in [2.05, 4.69) is 15.8 Å². The fraction of sp³-hybridized carbons (Fsp3) is 0.286. The number of amides is 2. The lowest BCUT2D eigenvalue weighted by Crippen LogP contribution is -2.20. The number of hydrogen-bond donors (Lipinski definition) is 2. The second-order valence-electron chi connectivity index (χ2n) is 6.43. The fourth-order valence-corrected chi connectivity index (χ4v) is 2.33.